The molecule has 0 atom stereocenters. The maximum Gasteiger partial charge on any atom is 0.273 e. The molecule has 0 unspecified atom stereocenters. The second kappa shape index (κ2) is 6.07. The summed E-state index contributed by atoms with van der Waals surface area (Å²) in [5.74, 6) is -0.116. The number of benzene rings is 1. The van der Waals surface area contributed by atoms with Crippen molar-refractivity contribution in [2.75, 3.05) is 5.32 Å². The molecular weight excluding hydrogens is 357 g/mol. The van der Waals surface area contributed by atoms with Gasteiger partial charge in [-0.2, -0.15) is 9.97 Å². The van der Waals surface area contributed by atoms with Crippen LogP contribution in [-0.4, -0.2) is 25.0 Å². The van der Waals surface area contributed by atoms with Crippen LogP contribution in [0.1, 0.15) is 11.6 Å². The zero-order valence-electron chi connectivity index (χ0n) is 10.9. The third-order valence-corrected chi connectivity index (χ3v) is 2.95. The van der Waals surface area contributed by atoms with Gasteiger partial charge in [0.2, 0.25) is 9.74 Å². The van der Waals surface area contributed by atoms with Crippen LogP contribution in [0.2, 0.25) is 0 Å². The summed E-state index contributed by atoms with van der Waals surface area (Å²) >= 11 is 17.2. The molecule has 0 spiro atoms. The number of nitrogens with one attached hydrogen (secondary N) is 1. The van der Waals surface area contributed by atoms with Crippen molar-refractivity contribution in [2.45, 2.75) is 10.7 Å². The molecule has 0 amide bonds. The molecular formula is C11H8Cl3N5O3. The van der Waals surface area contributed by atoms with Gasteiger partial charge in [0.25, 0.3) is 5.69 Å². The predicted molar refractivity (Wildman–Crippen MR) is 81.8 cm³/mol. The molecule has 0 fully saturated rings. The Balaban J connectivity index is 2.35. The van der Waals surface area contributed by atoms with E-state index in [4.69, 9.17) is 34.8 Å². The molecule has 0 aliphatic heterocycles. The van der Waals surface area contributed by atoms with Crippen molar-refractivity contribution in [1.82, 2.24) is 15.0 Å². The van der Waals surface area contributed by atoms with Gasteiger partial charge in [-0.3, -0.25) is 10.1 Å². The van der Waals surface area contributed by atoms with E-state index < -0.39 is 8.72 Å². The zero-order chi connectivity index (χ0) is 16.5. The summed E-state index contributed by atoms with van der Waals surface area (Å²) in [6.07, 6.45) is 0. The highest BCUT2D eigenvalue weighted by molar-refractivity contribution is 6.66. The second-order valence-electron chi connectivity index (χ2n) is 4.11. The lowest BCUT2D eigenvalue weighted by Crippen LogP contribution is -2.12. The molecule has 0 saturated carbocycles. The van der Waals surface area contributed by atoms with Gasteiger partial charge in [0.05, 0.1) is 16.7 Å². The van der Waals surface area contributed by atoms with E-state index in [2.05, 4.69) is 20.3 Å². The molecule has 2 N–H and O–H groups in total. The number of alkyl halides is 3. The van der Waals surface area contributed by atoms with Gasteiger partial charge in [-0.15, -0.1) is 0 Å². The van der Waals surface area contributed by atoms with Crippen molar-refractivity contribution in [1.29, 1.82) is 0 Å². The number of aromatic hydroxyl groups is 1. The van der Waals surface area contributed by atoms with E-state index in [9.17, 15) is 15.2 Å². The van der Waals surface area contributed by atoms with Crippen molar-refractivity contribution >= 4 is 52.1 Å². The van der Waals surface area contributed by atoms with E-state index >= 15 is 0 Å². The quantitative estimate of drug-likeness (QED) is 0.371. The van der Waals surface area contributed by atoms with E-state index in [0.29, 0.717) is 5.82 Å². The molecule has 0 radical (unpaired) electrons. The summed E-state index contributed by atoms with van der Waals surface area (Å²) in [7, 11) is 0. The lowest BCUT2D eigenvalue weighted by molar-refractivity contribution is -0.384. The molecule has 1 aromatic carbocycles. The monoisotopic (exact) mass is 363 g/mol. The van der Waals surface area contributed by atoms with Crippen LogP contribution in [0.5, 0.6) is 5.75 Å². The number of halogens is 3. The molecule has 0 aliphatic rings. The zero-order valence-corrected chi connectivity index (χ0v) is 13.2. The van der Waals surface area contributed by atoms with Crippen molar-refractivity contribution in [3.63, 3.8) is 0 Å². The summed E-state index contributed by atoms with van der Waals surface area (Å²) < 4.78 is -1.83. The Morgan fingerprint density at radius 3 is 2.50 bits per heavy atom. The van der Waals surface area contributed by atoms with Crippen LogP contribution >= 0.6 is 34.8 Å². The summed E-state index contributed by atoms with van der Waals surface area (Å²) in [5.41, 5.74) is -0.0941. The number of rotatable bonds is 3. The van der Waals surface area contributed by atoms with Gasteiger partial charge in [0.1, 0.15) is 11.6 Å². The van der Waals surface area contributed by atoms with E-state index in [1.165, 1.54) is 12.1 Å². The standard InChI is InChI=1S/C11H8Cl3N5O3/c1-5-15-9(11(12,13)14)18-10(16-5)17-7-3-2-6(19(21)22)4-8(7)20/h2-4,20H,1H3,(H,15,16,17,18). The Hall–Kier alpha value is -1.90. The number of phenolic OH excluding ortho intramolecular Hbond substituents is 1. The molecule has 2 rings (SSSR count). The molecule has 2 aromatic rings. The van der Waals surface area contributed by atoms with Crippen molar-refractivity contribution in [2.24, 2.45) is 0 Å². The van der Waals surface area contributed by atoms with Gasteiger partial charge < -0.3 is 10.4 Å². The maximum atomic E-state index is 10.6. The van der Waals surface area contributed by atoms with Crippen molar-refractivity contribution in [3.8, 4) is 5.75 Å². The molecule has 8 nitrogen and oxygen atoms in total. The highest BCUT2D eigenvalue weighted by Gasteiger charge is 2.28. The fraction of sp³-hybridized carbons (Fsp3) is 0.182. The van der Waals surface area contributed by atoms with Crippen LogP contribution in [0, 0.1) is 17.0 Å². The first-order valence-electron chi connectivity index (χ1n) is 5.71. The average molecular weight is 365 g/mol. The minimum atomic E-state index is -1.83. The van der Waals surface area contributed by atoms with Crippen LogP contribution < -0.4 is 5.32 Å². The minimum Gasteiger partial charge on any atom is -0.506 e. The SMILES string of the molecule is Cc1nc(Nc2ccc([N+](=O)[O-])cc2O)nc(C(Cl)(Cl)Cl)n1. The van der Waals surface area contributed by atoms with Gasteiger partial charge in [-0.25, -0.2) is 4.98 Å². The molecule has 0 saturated heterocycles. The van der Waals surface area contributed by atoms with Gasteiger partial charge in [0.15, 0.2) is 5.82 Å². The third kappa shape index (κ3) is 3.85. The lowest BCUT2D eigenvalue weighted by Gasteiger charge is -2.12. The topological polar surface area (TPSA) is 114 Å². The predicted octanol–water partition coefficient (Wildman–Crippen LogP) is 3.36. The number of non-ortho nitro benzene ring substituents is 1. The summed E-state index contributed by atoms with van der Waals surface area (Å²) in [6, 6.07) is 3.51. The first kappa shape index (κ1) is 16.5. The number of aryl methyl sites for hydroxylation is 1. The Kier molecular flexibility index (Phi) is 4.55. The van der Waals surface area contributed by atoms with Crippen LogP contribution in [0.15, 0.2) is 18.2 Å². The minimum absolute atomic E-state index is 0.0259. The van der Waals surface area contributed by atoms with Gasteiger partial charge in [-0.05, 0) is 13.0 Å². The third-order valence-electron chi connectivity index (χ3n) is 2.44. The smallest absolute Gasteiger partial charge is 0.273 e. The molecule has 11 heteroatoms. The largest absolute Gasteiger partial charge is 0.506 e. The highest BCUT2D eigenvalue weighted by atomic mass is 35.6. The number of nitrogens with zero attached hydrogens (tertiary/aromatic N) is 4. The molecule has 1 heterocycles. The summed E-state index contributed by atoms with van der Waals surface area (Å²) in [4.78, 5) is 21.8. The molecule has 116 valence electrons. The van der Waals surface area contributed by atoms with Gasteiger partial charge >= 0.3 is 0 Å². The van der Waals surface area contributed by atoms with E-state index in [-0.39, 0.29) is 28.9 Å². The lowest BCUT2D eigenvalue weighted by atomic mass is 10.2. The molecule has 0 aliphatic carbocycles. The van der Waals surface area contributed by atoms with Crippen LogP contribution in [0.4, 0.5) is 17.3 Å². The van der Waals surface area contributed by atoms with E-state index in [1.807, 2.05) is 0 Å². The number of hydrogen-bond donors (Lipinski definition) is 2. The first-order chi connectivity index (χ1) is 10.2. The fourth-order valence-electron chi connectivity index (χ4n) is 1.52. The Bertz CT molecular complexity index is 735. The highest BCUT2D eigenvalue weighted by Crippen LogP contribution is 2.36. The normalized spacial score (nSPS) is 11.3. The molecule has 0 bridgehead atoms. The summed E-state index contributed by atoms with van der Waals surface area (Å²) in [6.45, 7) is 1.57. The first-order valence-corrected chi connectivity index (χ1v) is 6.84. The molecule has 22 heavy (non-hydrogen) atoms. The summed E-state index contributed by atoms with van der Waals surface area (Å²) in [5, 5.41) is 23.1. The number of aromatic nitrogens is 3. The number of hydrogen-bond acceptors (Lipinski definition) is 7. The van der Waals surface area contributed by atoms with Crippen molar-refractivity contribution in [3.05, 3.63) is 40.0 Å². The Morgan fingerprint density at radius 2 is 1.95 bits per heavy atom. The molecule has 1 aromatic heterocycles. The fourth-order valence-corrected chi connectivity index (χ4v) is 1.78. The number of nitro benzene ring substituents is 1. The Labute approximate surface area is 139 Å². The number of anilines is 2. The van der Waals surface area contributed by atoms with Gasteiger partial charge in [-0.1, -0.05) is 34.8 Å². The van der Waals surface area contributed by atoms with Crippen molar-refractivity contribution < 1.29 is 10.0 Å². The average Bonchev–Trinajstić information content (AvgIpc) is 2.39. The van der Waals surface area contributed by atoms with Crippen LogP contribution in [-0.2, 0) is 3.79 Å². The number of phenols is 1. The van der Waals surface area contributed by atoms with E-state index in [0.717, 1.165) is 6.07 Å². The van der Waals surface area contributed by atoms with Gasteiger partial charge in [0, 0.05) is 6.07 Å². The Morgan fingerprint density at radius 1 is 1.27 bits per heavy atom. The van der Waals surface area contributed by atoms with E-state index in [1.54, 1.807) is 6.92 Å². The number of nitro groups is 1. The second-order valence-corrected chi connectivity index (χ2v) is 6.39. The van der Waals surface area contributed by atoms with Crippen LogP contribution in [0.3, 0.4) is 0 Å². The van der Waals surface area contributed by atoms with Crippen LogP contribution in [0.25, 0.3) is 0 Å². The maximum absolute atomic E-state index is 10.6.